The maximum atomic E-state index is 12.3. The highest BCUT2D eigenvalue weighted by molar-refractivity contribution is 5.97. The minimum atomic E-state index is -0.0127. The van der Waals surface area contributed by atoms with E-state index in [0.717, 1.165) is 18.8 Å². The Kier molecular flexibility index (Phi) is 2.34. The highest BCUT2D eigenvalue weighted by Gasteiger charge is 2.39. The third-order valence-corrected chi connectivity index (χ3v) is 4.21. The summed E-state index contributed by atoms with van der Waals surface area (Å²) >= 11 is 0. The molecule has 5 heteroatoms. The largest absolute Gasteiger partial charge is 0.395 e. The molecule has 2 aliphatic rings. The van der Waals surface area contributed by atoms with Crippen molar-refractivity contribution in [3.05, 3.63) is 11.4 Å². The molecular formula is C12H18N4O. The Labute approximate surface area is 100 Å². The number of anilines is 1. The van der Waals surface area contributed by atoms with Crippen LogP contribution in [0.25, 0.3) is 0 Å². The molecule has 2 atom stereocenters. The fourth-order valence-corrected chi connectivity index (χ4v) is 3.15. The quantitative estimate of drug-likeness (QED) is 0.766. The maximum absolute atomic E-state index is 12.3. The monoisotopic (exact) mass is 234 g/mol. The lowest BCUT2D eigenvalue weighted by molar-refractivity contribution is 0.0776. The van der Waals surface area contributed by atoms with E-state index in [1.54, 1.807) is 0 Å². The number of nitrogen functional groups attached to an aromatic ring is 1. The van der Waals surface area contributed by atoms with Gasteiger partial charge in [-0.25, -0.2) is 0 Å². The summed E-state index contributed by atoms with van der Waals surface area (Å²) in [7, 11) is 0. The first-order valence-corrected chi connectivity index (χ1v) is 6.26. The molecule has 0 spiro atoms. The summed E-state index contributed by atoms with van der Waals surface area (Å²) in [6.45, 7) is 3.60. The van der Waals surface area contributed by atoms with E-state index in [1.165, 1.54) is 19.3 Å². The average Bonchev–Trinajstić information content (AvgIpc) is 2.94. The Morgan fingerprint density at radius 1 is 1.41 bits per heavy atom. The highest BCUT2D eigenvalue weighted by Crippen LogP contribution is 2.38. The van der Waals surface area contributed by atoms with E-state index >= 15 is 0 Å². The standard InChI is InChI=1S/C12H18N4O/c1-7-10(13)11(15-14-7)12(17)16-5-8-3-2-4-9(8)6-16/h8-9H,2-6,13H2,1H3,(H,14,15). The third kappa shape index (κ3) is 1.61. The van der Waals surface area contributed by atoms with E-state index in [-0.39, 0.29) is 5.91 Å². The number of aryl methyl sites for hydroxylation is 1. The minimum Gasteiger partial charge on any atom is -0.395 e. The molecule has 17 heavy (non-hydrogen) atoms. The topological polar surface area (TPSA) is 75.0 Å². The first kappa shape index (κ1) is 10.6. The lowest BCUT2D eigenvalue weighted by atomic mass is 10.0. The van der Waals surface area contributed by atoms with Gasteiger partial charge in [0.15, 0.2) is 5.69 Å². The van der Waals surface area contributed by atoms with E-state index in [4.69, 9.17) is 5.73 Å². The van der Waals surface area contributed by atoms with E-state index in [1.807, 2.05) is 11.8 Å². The van der Waals surface area contributed by atoms with E-state index < -0.39 is 0 Å². The molecule has 0 aromatic carbocycles. The molecule has 2 fully saturated rings. The van der Waals surface area contributed by atoms with Crippen LogP contribution in [0.1, 0.15) is 35.4 Å². The maximum Gasteiger partial charge on any atom is 0.276 e. The van der Waals surface area contributed by atoms with Crippen molar-refractivity contribution in [1.82, 2.24) is 15.1 Å². The fourth-order valence-electron chi connectivity index (χ4n) is 3.15. The number of H-pyrrole nitrogens is 1. The molecule has 0 radical (unpaired) electrons. The Morgan fingerprint density at radius 3 is 2.59 bits per heavy atom. The molecule has 1 aromatic heterocycles. The van der Waals surface area contributed by atoms with Crippen LogP contribution >= 0.6 is 0 Å². The molecule has 3 rings (SSSR count). The molecule has 2 heterocycles. The Hall–Kier alpha value is -1.52. The number of aromatic amines is 1. The van der Waals surface area contributed by atoms with Crippen molar-refractivity contribution >= 4 is 11.6 Å². The molecule has 1 saturated carbocycles. The first-order chi connectivity index (χ1) is 8.16. The van der Waals surface area contributed by atoms with E-state index in [2.05, 4.69) is 10.2 Å². The van der Waals surface area contributed by atoms with Crippen molar-refractivity contribution in [1.29, 1.82) is 0 Å². The van der Waals surface area contributed by atoms with Gasteiger partial charge in [0.1, 0.15) is 0 Å². The van der Waals surface area contributed by atoms with Crippen molar-refractivity contribution in [2.75, 3.05) is 18.8 Å². The summed E-state index contributed by atoms with van der Waals surface area (Å²) in [5.74, 6) is 1.40. The van der Waals surface area contributed by atoms with Crippen LogP contribution in [0.4, 0.5) is 5.69 Å². The summed E-state index contributed by atoms with van der Waals surface area (Å²) < 4.78 is 0. The zero-order valence-corrected chi connectivity index (χ0v) is 10.1. The summed E-state index contributed by atoms with van der Waals surface area (Å²) in [5, 5.41) is 6.78. The lowest BCUT2D eigenvalue weighted by Gasteiger charge is -2.16. The van der Waals surface area contributed by atoms with Crippen LogP contribution in [0.2, 0.25) is 0 Å². The van der Waals surface area contributed by atoms with Crippen LogP contribution in [-0.2, 0) is 0 Å². The molecule has 0 bridgehead atoms. The molecule has 5 nitrogen and oxygen atoms in total. The Balaban J connectivity index is 1.78. The molecule has 2 unspecified atom stereocenters. The molecule has 3 N–H and O–H groups in total. The number of aromatic nitrogens is 2. The first-order valence-electron chi connectivity index (χ1n) is 6.26. The van der Waals surface area contributed by atoms with E-state index in [0.29, 0.717) is 23.2 Å². The predicted molar refractivity (Wildman–Crippen MR) is 64.5 cm³/mol. The number of hydrogen-bond acceptors (Lipinski definition) is 3. The van der Waals surface area contributed by atoms with Crippen LogP contribution in [0.3, 0.4) is 0 Å². The van der Waals surface area contributed by atoms with Gasteiger partial charge in [-0.05, 0) is 31.6 Å². The zero-order chi connectivity index (χ0) is 12.0. The summed E-state index contributed by atoms with van der Waals surface area (Å²) in [6.07, 6.45) is 3.86. The number of rotatable bonds is 1. The smallest absolute Gasteiger partial charge is 0.276 e. The number of carbonyl (C=O) groups is 1. The van der Waals surface area contributed by atoms with Gasteiger partial charge in [0, 0.05) is 13.1 Å². The number of nitrogens with zero attached hydrogens (tertiary/aromatic N) is 2. The van der Waals surface area contributed by atoms with Crippen LogP contribution < -0.4 is 5.73 Å². The van der Waals surface area contributed by atoms with Crippen LogP contribution in [0.15, 0.2) is 0 Å². The second-order valence-electron chi connectivity index (χ2n) is 5.27. The Morgan fingerprint density at radius 2 is 2.06 bits per heavy atom. The van der Waals surface area contributed by atoms with Gasteiger partial charge in [-0.2, -0.15) is 5.10 Å². The van der Waals surface area contributed by atoms with Gasteiger partial charge in [0.05, 0.1) is 11.4 Å². The third-order valence-electron chi connectivity index (χ3n) is 4.21. The second-order valence-corrected chi connectivity index (χ2v) is 5.27. The van der Waals surface area contributed by atoms with Crippen molar-refractivity contribution in [3.63, 3.8) is 0 Å². The van der Waals surface area contributed by atoms with Crippen molar-refractivity contribution in [2.45, 2.75) is 26.2 Å². The molecule has 92 valence electrons. The molecule has 1 saturated heterocycles. The van der Waals surface area contributed by atoms with Gasteiger partial charge < -0.3 is 10.6 Å². The number of hydrogen-bond donors (Lipinski definition) is 2. The van der Waals surface area contributed by atoms with Crippen LogP contribution in [0.5, 0.6) is 0 Å². The van der Waals surface area contributed by atoms with Gasteiger partial charge in [0.25, 0.3) is 5.91 Å². The van der Waals surface area contributed by atoms with Gasteiger partial charge in [-0.1, -0.05) is 6.42 Å². The van der Waals surface area contributed by atoms with Crippen LogP contribution in [-0.4, -0.2) is 34.1 Å². The highest BCUT2D eigenvalue weighted by atomic mass is 16.2. The molecule has 1 aliphatic carbocycles. The summed E-state index contributed by atoms with van der Waals surface area (Å²) in [6, 6.07) is 0. The molecular weight excluding hydrogens is 216 g/mol. The van der Waals surface area contributed by atoms with Crippen molar-refractivity contribution < 1.29 is 4.79 Å². The molecule has 1 aliphatic heterocycles. The van der Waals surface area contributed by atoms with Gasteiger partial charge in [-0.3, -0.25) is 9.89 Å². The SMILES string of the molecule is Cc1[nH]nc(C(=O)N2CC3CCCC3C2)c1N. The predicted octanol–water partition coefficient (Wildman–Crippen LogP) is 1.17. The molecule has 1 aromatic rings. The van der Waals surface area contributed by atoms with E-state index in [9.17, 15) is 4.79 Å². The normalized spacial score (nSPS) is 27.5. The summed E-state index contributed by atoms with van der Waals surface area (Å²) in [5.41, 5.74) is 7.50. The van der Waals surface area contributed by atoms with Crippen LogP contribution in [0, 0.1) is 18.8 Å². The zero-order valence-electron chi connectivity index (χ0n) is 10.1. The van der Waals surface area contributed by atoms with Gasteiger partial charge >= 0.3 is 0 Å². The lowest BCUT2D eigenvalue weighted by Crippen LogP contribution is -2.30. The van der Waals surface area contributed by atoms with Crippen molar-refractivity contribution in [3.8, 4) is 0 Å². The van der Waals surface area contributed by atoms with Gasteiger partial charge in [-0.15, -0.1) is 0 Å². The number of fused-ring (bicyclic) bond motifs is 1. The minimum absolute atomic E-state index is 0.0127. The molecule has 1 amide bonds. The number of likely N-dealkylation sites (tertiary alicyclic amines) is 1. The number of nitrogens with two attached hydrogens (primary N) is 1. The summed E-state index contributed by atoms with van der Waals surface area (Å²) in [4.78, 5) is 14.2. The second kappa shape index (κ2) is 3.75. The van der Waals surface area contributed by atoms with Gasteiger partial charge in [0.2, 0.25) is 0 Å². The fraction of sp³-hybridized carbons (Fsp3) is 0.667. The Bertz CT molecular complexity index is 441. The average molecular weight is 234 g/mol. The van der Waals surface area contributed by atoms with Crippen molar-refractivity contribution in [2.24, 2.45) is 11.8 Å². The number of nitrogens with one attached hydrogen (secondary N) is 1. The number of amides is 1. The number of carbonyl (C=O) groups excluding carboxylic acids is 1.